The van der Waals surface area contributed by atoms with Crippen molar-refractivity contribution < 1.29 is 14.5 Å². The molecule has 2 unspecified atom stereocenters. The van der Waals surface area contributed by atoms with Crippen LogP contribution in [0.2, 0.25) is 0 Å². The van der Waals surface area contributed by atoms with Crippen molar-refractivity contribution in [1.29, 1.82) is 5.26 Å². The summed E-state index contributed by atoms with van der Waals surface area (Å²) in [7, 11) is -0.274. The van der Waals surface area contributed by atoms with Crippen molar-refractivity contribution in [3.8, 4) is 6.07 Å². The number of dihydropyridines is 1. The minimum Gasteiger partial charge on any atom is -0.462 e. The lowest BCUT2D eigenvalue weighted by molar-refractivity contribution is -0.384. The van der Waals surface area contributed by atoms with Gasteiger partial charge in [0.05, 0.1) is 29.1 Å². The molecule has 0 saturated heterocycles. The highest BCUT2D eigenvalue weighted by Gasteiger charge is 2.41. The number of allylic oxidation sites excluding steroid dienone is 2. The Balaban J connectivity index is 2.75. The molecule has 0 bridgehead atoms. The van der Waals surface area contributed by atoms with E-state index in [9.17, 15) is 20.2 Å². The van der Waals surface area contributed by atoms with E-state index in [4.69, 9.17) is 4.74 Å². The minimum atomic E-state index is -0.702. The lowest BCUT2D eigenvalue weighted by Gasteiger charge is -2.27. The van der Waals surface area contributed by atoms with Gasteiger partial charge in [0.1, 0.15) is 17.6 Å². The number of hydrogen-bond acceptors (Lipinski definition) is 6. The molecule has 0 aliphatic carbocycles. The van der Waals surface area contributed by atoms with Crippen LogP contribution in [-0.2, 0) is 20.4 Å². The summed E-state index contributed by atoms with van der Waals surface area (Å²) in [5.41, 5.74) is 1.79. The van der Waals surface area contributed by atoms with E-state index in [0.29, 0.717) is 22.4 Å². The molecule has 7 nitrogen and oxygen atoms in total. The van der Waals surface area contributed by atoms with Crippen LogP contribution >= 0.6 is 0 Å². The highest BCUT2D eigenvalue weighted by Crippen LogP contribution is 2.40. The number of ether oxygens (including phenoxy) is 1. The quantitative estimate of drug-likeness (QED) is 0.347. The number of benzene rings is 1. The molecule has 1 aromatic rings. The smallest absolute Gasteiger partial charge is 0.341 e. The Morgan fingerprint density at radius 3 is 2.70 bits per heavy atom. The van der Waals surface area contributed by atoms with Gasteiger partial charge in [-0.2, -0.15) is 5.26 Å². The molecule has 1 aromatic carbocycles. The van der Waals surface area contributed by atoms with Gasteiger partial charge >= 0.3 is 5.97 Å². The maximum absolute atomic E-state index is 12.8. The predicted octanol–water partition coefficient (Wildman–Crippen LogP) is 3.12. The van der Waals surface area contributed by atoms with Crippen molar-refractivity contribution in [3.05, 3.63) is 61.8 Å². The van der Waals surface area contributed by atoms with Gasteiger partial charge in [-0.25, -0.2) is 4.79 Å². The van der Waals surface area contributed by atoms with Crippen LogP contribution in [0.4, 0.5) is 5.69 Å². The monoisotopic (exact) mass is 388 g/mol. The third-order valence-corrected chi connectivity index (χ3v) is 6.22. The maximum Gasteiger partial charge on any atom is 0.341 e. The lowest BCUT2D eigenvalue weighted by Crippen LogP contribution is -2.33. The van der Waals surface area contributed by atoms with Crippen LogP contribution in [0.15, 0.2) is 46.1 Å². The Kier molecular flexibility index (Phi) is 6.64. The molecule has 0 aromatic heterocycles. The van der Waals surface area contributed by atoms with E-state index >= 15 is 0 Å². The second kappa shape index (κ2) is 8.73. The normalized spacial score (nSPS) is 17.8. The van der Waals surface area contributed by atoms with E-state index in [1.807, 2.05) is 13.2 Å². The molecule has 142 valence electrons. The summed E-state index contributed by atoms with van der Waals surface area (Å²) in [5, 5.41) is 24.9. The Labute approximate surface area is 161 Å². The summed E-state index contributed by atoms with van der Waals surface area (Å²) >= 11 is 0. The molecule has 2 rings (SSSR count). The summed E-state index contributed by atoms with van der Waals surface area (Å²) in [6, 6.07) is 8.23. The van der Waals surface area contributed by atoms with Crippen LogP contribution < -0.4 is 5.32 Å². The van der Waals surface area contributed by atoms with Crippen molar-refractivity contribution in [2.75, 3.05) is 18.6 Å². The SMILES string of the molecule is CCOC(=O)C1=C([S+](C)CC)NC(C)=C(C#N)C1c1cccc([N+](=O)[O-])c1. The van der Waals surface area contributed by atoms with E-state index in [0.717, 1.165) is 10.8 Å². The first-order valence-electron chi connectivity index (χ1n) is 8.51. The van der Waals surface area contributed by atoms with Gasteiger partial charge in [-0.15, -0.1) is 0 Å². The predicted molar refractivity (Wildman–Crippen MR) is 105 cm³/mol. The second-order valence-corrected chi connectivity index (χ2v) is 8.21. The van der Waals surface area contributed by atoms with E-state index in [1.165, 1.54) is 12.1 Å². The fourth-order valence-corrected chi connectivity index (χ4v) is 4.13. The zero-order chi connectivity index (χ0) is 20.1. The van der Waals surface area contributed by atoms with Gasteiger partial charge in [0, 0.05) is 28.7 Å². The Morgan fingerprint density at radius 1 is 1.44 bits per heavy atom. The van der Waals surface area contributed by atoms with Crippen LogP contribution in [0.1, 0.15) is 32.3 Å². The fourth-order valence-electron chi connectivity index (χ4n) is 2.94. The first kappa shape index (κ1) is 20.5. The molecule has 0 amide bonds. The first-order chi connectivity index (χ1) is 12.8. The number of carbonyl (C=O) groups is 1. The van der Waals surface area contributed by atoms with Crippen LogP contribution in [-0.4, -0.2) is 29.5 Å². The molecule has 1 aliphatic heterocycles. The molecule has 1 heterocycles. The maximum atomic E-state index is 12.8. The van der Waals surface area contributed by atoms with Gasteiger partial charge in [0.15, 0.2) is 0 Å². The largest absolute Gasteiger partial charge is 0.462 e. The Bertz CT molecular complexity index is 870. The summed E-state index contributed by atoms with van der Waals surface area (Å²) in [6.45, 7) is 5.71. The third-order valence-electron chi connectivity index (χ3n) is 4.34. The fraction of sp³-hybridized carbons (Fsp3) is 0.368. The van der Waals surface area contributed by atoms with Gasteiger partial charge in [-0.1, -0.05) is 12.1 Å². The average molecular weight is 388 g/mol. The number of hydrogen-bond donors (Lipinski definition) is 1. The van der Waals surface area contributed by atoms with Crippen LogP contribution in [0.25, 0.3) is 0 Å². The topological polar surface area (TPSA) is 105 Å². The van der Waals surface area contributed by atoms with Gasteiger partial charge in [0.2, 0.25) is 5.03 Å². The summed E-state index contributed by atoms with van der Waals surface area (Å²) in [4.78, 5) is 23.5. The summed E-state index contributed by atoms with van der Waals surface area (Å²) in [6.07, 6.45) is 2.01. The zero-order valence-electron chi connectivity index (χ0n) is 15.7. The molecule has 27 heavy (non-hydrogen) atoms. The van der Waals surface area contributed by atoms with Gasteiger partial charge < -0.3 is 10.1 Å². The zero-order valence-corrected chi connectivity index (χ0v) is 16.6. The first-order valence-corrected chi connectivity index (χ1v) is 10.3. The number of rotatable bonds is 6. The highest BCUT2D eigenvalue weighted by atomic mass is 32.2. The lowest BCUT2D eigenvalue weighted by atomic mass is 9.82. The summed E-state index contributed by atoms with van der Waals surface area (Å²) < 4.78 is 5.27. The Hall–Kier alpha value is -2.79. The van der Waals surface area contributed by atoms with Crippen molar-refractivity contribution >= 4 is 22.6 Å². The van der Waals surface area contributed by atoms with Crippen molar-refractivity contribution in [2.45, 2.75) is 26.7 Å². The van der Waals surface area contributed by atoms with Crippen LogP contribution in [0.5, 0.6) is 0 Å². The number of nitriles is 1. The van der Waals surface area contributed by atoms with Crippen molar-refractivity contribution in [1.82, 2.24) is 5.32 Å². The summed E-state index contributed by atoms with van der Waals surface area (Å²) in [5.74, 6) is -0.404. The number of nitrogens with one attached hydrogen (secondary N) is 1. The average Bonchev–Trinajstić information content (AvgIpc) is 2.66. The standard InChI is InChI=1S/C19H21N3O4S/c1-5-26-19(23)17-16(13-8-7-9-14(10-13)22(24)25)15(11-20)12(3)21-18(17)27(4)6-2/h7-10,16H,5-6H2,1-4H3/p+1. The number of carbonyl (C=O) groups excluding carboxylic acids is 1. The van der Waals surface area contributed by atoms with E-state index in [2.05, 4.69) is 11.4 Å². The molecule has 1 aliphatic rings. The van der Waals surface area contributed by atoms with Crippen molar-refractivity contribution in [2.24, 2.45) is 0 Å². The Morgan fingerprint density at radius 2 is 2.15 bits per heavy atom. The third kappa shape index (κ3) is 4.14. The number of nitro benzene ring substituents is 1. The van der Waals surface area contributed by atoms with Crippen LogP contribution in [0, 0.1) is 21.4 Å². The molecular weight excluding hydrogens is 366 g/mol. The molecule has 1 N–H and O–H groups in total. The second-order valence-electron chi connectivity index (χ2n) is 5.95. The molecule has 0 radical (unpaired) electrons. The highest BCUT2D eigenvalue weighted by molar-refractivity contribution is 7.99. The number of non-ortho nitro benzene ring substituents is 1. The van der Waals surface area contributed by atoms with Crippen LogP contribution in [0.3, 0.4) is 0 Å². The minimum absolute atomic E-state index is 0.0864. The van der Waals surface area contributed by atoms with E-state index in [1.54, 1.807) is 26.0 Å². The molecule has 0 saturated carbocycles. The van der Waals surface area contributed by atoms with E-state index in [-0.39, 0.29) is 23.2 Å². The number of nitro groups is 1. The molecular formula is C19H22N3O4S+. The number of esters is 1. The molecule has 8 heteroatoms. The van der Waals surface area contributed by atoms with Gasteiger partial charge in [0.25, 0.3) is 5.69 Å². The van der Waals surface area contributed by atoms with Gasteiger partial charge in [-0.3, -0.25) is 10.1 Å². The molecule has 2 atom stereocenters. The number of nitrogens with zero attached hydrogens (tertiary/aromatic N) is 2. The molecule has 0 spiro atoms. The van der Waals surface area contributed by atoms with Crippen molar-refractivity contribution in [3.63, 3.8) is 0 Å². The van der Waals surface area contributed by atoms with E-state index < -0.39 is 16.8 Å². The van der Waals surface area contributed by atoms with Gasteiger partial charge in [-0.05, 0) is 26.3 Å². The molecule has 0 fully saturated rings.